The van der Waals surface area contributed by atoms with Crippen molar-refractivity contribution in [1.82, 2.24) is 19.8 Å². The molecule has 7 heteroatoms. The Bertz CT molecular complexity index is 518. The number of aromatic nitrogens is 2. The molecule has 0 radical (unpaired) electrons. The molecule has 1 aromatic heterocycles. The summed E-state index contributed by atoms with van der Waals surface area (Å²) in [7, 11) is -3.45. The largest absolute Gasteiger partial charge is 0.312 e. The summed E-state index contributed by atoms with van der Waals surface area (Å²) >= 11 is 0. The van der Waals surface area contributed by atoms with Crippen LogP contribution in [0.5, 0.6) is 0 Å². The van der Waals surface area contributed by atoms with Gasteiger partial charge in [-0.2, -0.15) is 5.10 Å². The van der Waals surface area contributed by atoms with Crippen LogP contribution in [0.3, 0.4) is 0 Å². The highest BCUT2D eigenvalue weighted by atomic mass is 32.2. The number of nitrogens with zero attached hydrogens (tertiary/aromatic N) is 2. The molecule has 1 aliphatic carbocycles. The fourth-order valence-electron chi connectivity index (χ4n) is 2.02. The van der Waals surface area contributed by atoms with Crippen molar-refractivity contribution in [1.29, 1.82) is 0 Å². The van der Waals surface area contributed by atoms with Crippen molar-refractivity contribution in [3.05, 3.63) is 12.4 Å². The molecule has 0 spiro atoms. The van der Waals surface area contributed by atoms with E-state index in [1.54, 1.807) is 10.9 Å². The van der Waals surface area contributed by atoms with E-state index in [4.69, 9.17) is 0 Å². The Morgan fingerprint density at radius 2 is 2.10 bits per heavy atom. The summed E-state index contributed by atoms with van der Waals surface area (Å²) < 4.78 is 28.8. The van der Waals surface area contributed by atoms with Crippen LogP contribution in [0.25, 0.3) is 0 Å². The molecule has 1 aromatic rings. The molecule has 20 heavy (non-hydrogen) atoms. The Morgan fingerprint density at radius 1 is 1.40 bits per heavy atom. The number of hydrogen-bond donors (Lipinski definition) is 2. The molecule has 0 aliphatic heterocycles. The minimum Gasteiger partial charge on any atom is -0.312 e. The Labute approximate surface area is 121 Å². The number of hydrogen-bond acceptors (Lipinski definition) is 4. The fraction of sp³-hybridized carbons (Fsp3) is 0.769. The third-order valence-corrected chi connectivity index (χ3v) is 5.05. The van der Waals surface area contributed by atoms with E-state index in [2.05, 4.69) is 15.1 Å². The van der Waals surface area contributed by atoms with Crippen molar-refractivity contribution < 1.29 is 8.42 Å². The van der Waals surface area contributed by atoms with E-state index in [1.807, 2.05) is 13.8 Å². The predicted octanol–water partition coefficient (Wildman–Crippen LogP) is 1.10. The van der Waals surface area contributed by atoms with Crippen LogP contribution in [0.1, 0.15) is 39.5 Å². The fourth-order valence-corrected chi connectivity index (χ4v) is 3.37. The molecule has 6 nitrogen and oxygen atoms in total. The normalized spacial score (nSPS) is 15.9. The first-order valence-corrected chi connectivity index (χ1v) is 8.81. The van der Waals surface area contributed by atoms with Crippen molar-refractivity contribution in [2.24, 2.45) is 0 Å². The van der Waals surface area contributed by atoms with Crippen molar-refractivity contribution in [2.45, 2.75) is 63.1 Å². The number of sulfonamides is 1. The van der Waals surface area contributed by atoms with Gasteiger partial charge in [-0.15, -0.1) is 0 Å². The lowest BCUT2D eigenvalue weighted by Crippen LogP contribution is -2.33. The third-order valence-electron chi connectivity index (χ3n) is 3.58. The lowest BCUT2D eigenvalue weighted by atomic mass is 10.2. The topological polar surface area (TPSA) is 76.0 Å². The Hall–Kier alpha value is -0.920. The monoisotopic (exact) mass is 300 g/mol. The van der Waals surface area contributed by atoms with Gasteiger partial charge in [0.25, 0.3) is 0 Å². The van der Waals surface area contributed by atoms with Crippen LogP contribution in [0.4, 0.5) is 0 Å². The van der Waals surface area contributed by atoms with Gasteiger partial charge >= 0.3 is 0 Å². The number of rotatable bonds is 9. The standard InChI is InChI=1S/C13H24N4O2S/c1-3-11(4-2)16-20(18,19)13-9-15-17(10-13)8-7-14-12-5-6-12/h9-12,14,16H,3-8H2,1-2H3. The van der Waals surface area contributed by atoms with Gasteiger partial charge in [-0.1, -0.05) is 13.8 Å². The lowest BCUT2D eigenvalue weighted by molar-refractivity contribution is 0.529. The minimum absolute atomic E-state index is 0.0140. The van der Waals surface area contributed by atoms with Crippen LogP contribution in [-0.2, 0) is 16.6 Å². The van der Waals surface area contributed by atoms with Crippen LogP contribution >= 0.6 is 0 Å². The van der Waals surface area contributed by atoms with Gasteiger partial charge in [-0.05, 0) is 25.7 Å². The first-order valence-electron chi connectivity index (χ1n) is 7.33. The summed E-state index contributed by atoms with van der Waals surface area (Å²) in [5, 5.41) is 7.49. The summed E-state index contributed by atoms with van der Waals surface area (Å²) in [6.45, 7) is 5.47. The maximum Gasteiger partial charge on any atom is 0.243 e. The van der Waals surface area contributed by atoms with Crippen molar-refractivity contribution in [3.8, 4) is 0 Å². The molecular weight excluding hydrogens is 276 g/mol. The van der Waals surface area contributed by atoms with Crippen molar-refractivity contribution in [3.63, 3.8) is 0 Å². The van der Waals surface area contributed by atoms with Gasteiger partial charge in [0.1, 0.15) is 4.90 Å². The van der Waals surface area contributed by atoms with Gasteiger partial charge in [-0.25, -0.2) is 13.1 Å². The summed E-state index contributed by atoms with van der Waals surface area (Å²) in [6, 6.07) is 0.644. The summed E-state index contributed by atoms with van der Waals surface area (Å²) in [5.41, 5.74) is 0. The maximum absolute atomic E-state index is 12.2. The zero-order valence-electron chi connectivity index (χ0n) is 12.2. The Balaban J connectivity index is 1.91. The molecule has 114 valence electrons. The zero-order valence-corrected chi connectivity index (χ0v) is 13.0. The smallest absolute Gasteiger partial charge is 0.243 e. The van der Waals surface area contributed by atoms with Gasteiger partial charge in [0.2, 0.25) is 10.0 Å². The van der Waals surface area contributed by atoms with Crippen LogP contribution < -0.4 is 10.0 Å². The predicted molar refractivity (Wildman–Crippen MR) is 77.9 cm³/mol. The molecule has 0 atom stereocenters. The molecule has 0 amide bonds. The molecular formula is C13H24N4O2S. The van der Waals surface area contributed by atoms with E-state index in [-0.39, 0.29) is 10.9 Å². The van der Waals surface area contributed by atoms with E-state index >= 15 is 0 Å². The van der Waals surface area contributed by atoms with Crippen LogP contribution in [0, 0.1) is 0 Å². The molecule has 1 fully saturated rings. The zero-order chi connectivity index (χ0) is 14.6. The van der Waals surface area contributed by atoms with Crippen LogP contribution in [-0.4, -0.2) is 36.8 Å². The highest BCUT2D eigenvalue weighted by molar-refractivity contribution is 7.89. The average Bonchev–Trinajstić information content (AvgIpc) is 3.11. The Kier molecular flexibility index (Phi) is 5.17. The van der Waals surface area contributed by atoms with E-state index in [9.17, 15) is 8.42 Å². The Morgan fingerprint density at radius 3 is 2.70 bits per heavy atom. The summed E-state index contributed by atoms with van der Waals surface area (Å²) in [4.78, 5) is 0.246. The van der Waals surface area contributed by atoms with Gasteiger partial charge < -0.3 is 5.32 Å². The highest BCUT2D eigenvalue weighted by Crippen LogP contribution is 2.18. The van der Waals surface area contributed by atoms with Crippen molar-refractivity contribution >= 4 is 10.0 Å². The molecule has 0 bridgehead atoms. The van der Waals surface area contributed by atoms with E-state index in [0.29, 0.717) is 12.6 Å². The minimum atomic E-state index is -3.45. The number of nitrogens with one attached hydrogen (secondary N) is 2. The second-order valence-corrected chi connectivity index (χ2v) is 7.02. The molecule has 1 saturated carbocycles. The van der Waals surface area contributed by atoms with Gasteiger partial charge in [0.15, 0.2) is 0 Å². The molecule has 0 unspecified atom stereocenters. The maximum atomic E-state index is 12.2. The second kappa shape index (κ2) is 6.69. The molecule has 2 rings (SSSR count). The van der Waals surface area contributed by atoms with Crippen molar-refractivity contribution in [2.75, 3.05) is 6.54 Å². The molecule has 0 saturated heterocycles. The van der Waals surface area contributed by atoms with Crippen LogP contribution in [0.15, 0.2) is 17.3 Å². The van der Waals surface area contributed by atoms with Gasteiger partial charge in [0, 0.05) is 24.8 Å². The summed E-state index contributed by atoms with van der Waals surface area (Å²) in [5.74, 6) is 0. The van der Waals surface area contributed by atoms with Crippen LogP contribution in [0.2, 0.25) is 0 Å². The van der Waals surface area contributed by atoms with E-state index in [1.165, 1.54) is 19.0 Å². The molecule has 1 heterocycles. The lowest BCUT2D eigenvalue weighted by Gasteiger charge is -2.13. The highest BCUT2D eigenvalue weighted by Gasteiger charge is 2.21. The average molecular weight is 300 g/mol. The quantitative estimate of drug-likeness (QED) is 0.716. The second-order valence-electron chi connectivity index (χ2n) is 5.30. The molecule has 2 N–H and O–H groups in total. The van der Waals surface area contributed by atoms with E-state index < -0.39 is 10.0 Å². The molecule has 1 aliphatic rings. The SMILES string of the molecule is CCC(CC)NS(=O)(=O)c1cnn(CCNC2CC2)c1. The van der Waals surface area contributed by atoms with E-state index in [0.717, 1.165) is 19.4 Å². The molecule has 0 aromatic carbocycles. The first kappa shape index (κ1) is 15.5. The van der Waals surface area contributed by atoms with Gasteiger partial charge in [0.05, 0.1) is 12.7 Å². The summed E-state index contributed by atoms with van der Waals surface area (Å²) in [6.07, 6.45) is 7.08. The third kappa shape index (κ3) is 4.29. The first-order chi connectivity index (χ1) is 9.55. The van der Waals surface area contributed by atoms with Gasteiger partial charge in [-0.3, -0.25) is 4.68 Å².